The maximum absolute atomic E-state index is 14.5. The molecule has 2 aromatic carbocycles. The Morgan fingerprint density at radius 2 is 1.69 bits per heavy atom. The molecule has 0 aliphatic heterocycles. The molecule has 13 heteroatoms. The van der Waals surface area contributed by atoms with E-state index in [-0.39, 0.29) is 55.0 Å². The number of carboxylic acids is 1. The van der Waals surface area contributed by atoms with Crippen LogP contribution >= 0.6 is 11.6 Å². The second kappa shape index (κ2) is 16.2. The molecule has 4 aromatic rings. The molecule has 2 aliphatic carbocycles. The molecule has 6 rings (SSSR count). The SMILES string of the molecule is COC[C@H](CCc1cc(C(F)(F)F)c(C[C@H]2CCc3c(-c4cccc(-c5ccc(CNC6CC(C)(O)C6)c(OC)n5)c4Cl)cccc32)nc1OC)C(=O)O. The summed E-state index contributed by atoms with van der Waals surface area (Å²) in [5.74, 6) is -1.67. The Kier molecular flexibility index (Phi) is 11.9. The quantitative estimate of drug-likeness (QED) is 0.110. The van der Waals surface area contributed by atoms with E-state index in [1.54, 1.807) is 7.11 Å². The van der Waals surface area contributed by atoms with Crippen molar-refractivity contribution in [1.29, 1.82) is 0 Å². The number of carbonyl (C=O) groups is 1. The fraction of sp³-hybridized carbons (Fsp3) is 0.439. The van der Waals surface area contributed by atoms with E-state index in [0.717, 1.165) is 39.4 Å². The summed E-state index contributed by atoms with van der Waals surface area (Å²) in [6.07, 6.45) is -1.89. The van der Waals surface area contributed by atoms with Crippen LogP contribution in [0.2, 0.25) is 5.02 Å². The van der Waals surface area contributed by atoms with Crippen molar-refractivity contribution in [1.82, 2.24) is 15.3 Å². The molecule has 0 unspecified atom stereocenters. The molecule has 2 aliphatic rings. The number of ether oxygens (including phenoxy) is 3. The van der Waals surface area contributed by atoms with Crippen LogP contribution in [0.25, 0.3) is 22.4 Å². The topological polar surface area (TPSA) is 123 Å². The lowest BCUT2D eigenvalue weighted by Crippen LogP contribution is -2.51. The van der Waals surface area contributed by atoms with Crippen LogP contribution in [0.1, 0.15) is 72.0 Å². The molecule has 54 heavy (non-hydrogen) atoms. The summed E-state index contributed by atoms with van der Waals surface area (Å²) in [5.41, 5.74) is 4.53. The van der Waals surface area contributed by atoms with Crippen molar-refractivity contribution in [2.45, 2.75) is 82.2 Å². The van der Waals surface area contributed by atoms with E-state index >= 15 is 0 Å². The average molecular weight is 768 g/mol. The Bertz CT molecular complexity index is 2000. The molecule has 2 heterocycles. The molecular weight excluding hydrogens is 723 g/mol. The number of benzene rings is 2. The smallest absolute Gasteiger partial charge is 0.418 e. The first-order valence-corrected chi connectivity index (χ1v) is 18.4. The number of aryl methyl sites for hydroxylation is 1. The molecule has 1 saturated carbocycles. The first kappa shape index (κ1) is 39.5. The van der Waals surface area contributed by atoms with Gasteiger partial charge in [0, 0.05) is 42.0 Å². The minimum atomic E-state index is -4.68. The van der Waals surface area contributed by atoms with Gasteiger partial charge in [-0.15, -0.1) is 0 Å². The number of aliphatic carboxylic acids is 1. The highest BCUT2D eigenvalue weighted by molar-refractivity contribution is 6.36. The summed E-state index contributed by atoms with van der Waals surface area (Å²) < 4.78 is 59.7. The first-order chi connectivity index (χ1) is 25.7. The Morgan fingerprint density at radius 3 is 2.35 bits per heavy atom. The first-order valence-electron chi connectivity index (χ1n) is 18.0. The standard InChI is InChI=1S/C41H45ClF3N3O6/c1-40(51)19-27(20-40)46-21-25-14-16-34(47-38(25)54-4)32-10-6-9-31(36(32)42)29-8-5-7-28-23(13-15-30(28)29)18-35-33(41(43,44)45)17-24(37(48-35)53-3)11-12-26(22-52-2)39(49)50/h5-10,14,16-17,23,26-27,46,51H,11-13,15,18-22H2,1-4H3,(H,49,50)/t23-,26+,27?,40?/m1/s1. The second-order valence-corrected chi connectivity index (χ2v) is 14.9. The van der Waals surface area contributed by atoms with Crippen LogP contribution in [-0.2, 0) is 41.5 Å². The van der Waals surface area contributed by atoms with Gasteiger partial charge < -0.3 is 29.7 Å². The number of halogens is 4. The lowest BCUT2D eigenvalue weighted by molar-refractivity contribution is -0.144. The van der Waals surface area contributed by atoms with Gasteiger partial charge in [0.2, 0.25) is 11.8 Å². The van der Waals surface area contributed by atoms with Gasteiger partial charge in [-0.2, -0.15) is 13.2 Å². The normalized spacial score (nSPS) is 19.9. The number of aliphatic hydroxyl groups is 1. The number of methoxy groups -OCH3 is 3. The van der Waals surface area contributed by atoms with Gasteiger partial charge in [-0.25, -0.2) is 9.97 Å². The van der Waals surface area contributed by atoms with Crippen LogP contribution in [0.15, 0.2) is 54.6 Å². The van der Waals surface area contributed by atoms with Gasteiger partial charge in [-0.05, 0) is 86.6 Å². The zero-order valence-corrected chi connectivity index (χ0v) is 31.5. The number of aromatic nitrogens is 2. The van der Waals surface area contributed by atoms with E-state index in [4.69, 9.17) is 30.8 Å². The predicted molar refractivity (Wildman–Crippen MR) is 199 cm³/mol. The highest BCUT2D eigenvalue weighted by Crippen LogP contribution is 2.45. The third-order valence-electron chi connectivity index (χ3n) is 10.6. The maximum Gasteiger partial charge on any atom is 0.418 e. The summed E-state index contributed by atoms with van der Waals surface area (Å²) in [4.78, 5) is 20.8. The maximum atomic E-state index is 14.5. The van der Waals surface area contributed by atoms with Crippen LogP contribution in [0.3, 0.4) is 0 Å². The van der Waals surface area contributed by atoms with E-state index < -0.39 is 29.2 Å². The van der Waals surface area contributed by atoms with Gasteiger partial charge in [0.1, 0.15) is 0 Å². The van der Waals surface area contributed by atoms with Crippen LogP contribution in [0.5, 0.6) is 11.8 Å². The van der Waals surface area contributed by atoms with E-state index in [2.05, 4.69) is 10.3 Å². The largest absolute Gasteiger partial charge is 0.481 e. The van der Waals surface area contributed by atoms with Crippen LogP contribution in [-0.4, -0.2) is 65.7 Å². The van der Waals surface area contributed by atoms with Gasteiger partial charge in [-0.3, -0.25) is 4.79 Å². The van der Waals surface area contributed by atoms with Gasteiger partial charge in [0.05, 0.1) is 54.3 Å². The van der Waals surface area contributed by atoms with Crippen molar-refractivity contribution in [3.05, 3.63) is 93.1 Å². The van der Waals surface area contributed by atoms with Crippen molar-refractivity contribution < 1.29 is 42.4 Å². The average Bonchev–Trinajstić information content (AvgIpc) is 3.54. The highest BCUT2D eigenvalue weighted by atomic mass is 35.5. The van der Waals surface area contributed by atoms with E-state index in [9.17, 15) is 28.2 Å². The molecule has 0 radical (unpaired) electrons. The molecule has 1 fully saturated rings. The van der Waals surface area contributed by atoms with Crippen molar-refractivity contribution in [2.75, 3.05) is 27.9 Å². The van der Waals surface area contributed by atoms with Crippen LogP contribution < -0.4 is 14.8 Å². The molecular formula is C41H45ClF3N3O6. The zero-order valence-electron chi connectivity index (χ0n) is 30.7. The van der Waals surface area contributed by atoms with E-state index in [1.165, 1.54) is 14.2 Å². The van der Waals surface area contributed by atoms with Crippen molar-refractivity contribution in [2.24, 2.45) is 5.92 Å². The monoisotopic (exact) mass is 767 g/mol. The van der Waals surface area contributed by atoms with Crippen LogP contribution in [0.4, 0.5) is 13.2 Å². The molecule has 3 N–H and O–H groups in total. The van der Waals surface area contributed by atoms with Crippen molar-refractivity contribution >= 4 is 17.6 Å². The Hall–Kier alpha value is -4.23. The molecule has 2 atom stereocenters. The Morgan fingerprint density at radius 1 is 1.00 bits per heavy atom. The summed E-state index contributed by atoms with van der Waals surface area (Å²) in [6.45, 7) is 2.32. The van der Waals surface area contributed by atoms with Crippen molar-refractivity contribution in [3.63, 3.8) is 0 Å². The summed E-state index contributed by atoms with van der Waals surface area (Å²) in [5, 5.41) is 23.5. The number of hydrogen-bond acceptors (Lipinski definition) is 8. The number of alkyl halides is 3. The van der Waals surface area contributed by atoms with Crippen LogP contribution in [0, 0.1) is 5.92 Å². The van der Waals surface area contributed by atoms with E-state index in [0.29, 0.717) is 48.8 Å². The Balaban J connectivity index is 1.26. The molecule has 0 saturated heterocycles. The number of hydrogen-bond donors (Lipinski definition) is 3. The second-order valence-electron chi connectivity index (χ2n) is 14.5. The molecule has 0 bridgehead atoms. The number of nitrogens with one attached hydrogen (secondary N) is 1. The number of fused-ring (bicyclic) bond motifs is 1. The number of pyridine rings is 2. The third-order valence-corrected chi connectivity index (χ3v) is 11.0. The molecule has 2 aromatic heterocycles. The summed E-state index contributed by atoms with van der Waals surface area (Å²) in [6, 6.07) is 16.7. The number of nitrogens with zero attached hydrogens (tertiary/aromatic N) is 2. The number of rotatable bonds is 15. The Labute approximate surface area is 317 Å². The third kappa shape index (κ3) is 8.52. The minimum Gasteiger partial charge on any atom is -0.481 e. The van der Waals surface area contributed by atoms with E-state index in [1.807, 2.05) is 55.5 Å². The lowest BCUT2D eigenvalue weighted by atomic mass is 9.77. The molecule has 0 amide bonds. The van der Waals surface area contributed by atoms with Gasteiger partial charge >= 0.3 is 12.1 Å². The van der Waals surface area contributed by atoms with Gasteiger partial charge in [0.15, 0.2) is 0 Å². The fourth-order valence-corrected chi connectivity index (χ4v) is 8.17. The predicted octanol–water partition coefficient (Wildman–Crippen LogP) is 8.06. The van der Waals surface area contributed by atoms with Crippen molar-refractivity contribution in [3.8, 4) is 34.1 Å². The fourth-order valence-electron chi connectivity index (χ4n) is 7.85. The lowest BCUT2D eigenvalue weighted by Gasteiger charge is -2.41. The highest BCUT2D eigenvalue weighted by Gasteiger charge is 2.39. The van der Waals surface area contributed by atoms with Gasteiger partial charge in [-0.1, -0.05) is 54.1 Å². The number of carboxylic acid groups (broad SMARTS) is 1. The zero-order chi connectivity index (χ0) is 38.8. The summed E-state index contributed by atoms with van der Waals surface area (Å²) in [7, 11) is 4.30. The molecule has 0 spiro atoms. The summed E-state index contributed by atoms with van der Waals surface area (Å²) >= 11 is 7.13. The molecule has 9 nitrogen and oxygen atoms in total. The molecule has 288 valence electrons. The minimum absolute atomic E-state index is 0.0321. The van der Waals surface area contributed by atoms with Gasteiger partial charge in [0.25, 0.3) is 0 Å².